The molecule has 2 aliphatic heterocycles. The van der Waals surface area contributed by atoms with Gasteiger partial charge in [0.2, 0.25) is 29.5 Å². The molecule has 2 aromatic rings. The highest BCUT2D eigenvalue weighted by Crippen LogP contribution is 2.26. The van der Waals surface area contributed by atoms with E-state index >= 15 is 0 Å². The molecule has 2 aliphatic rings. The first kappa shape index (κ1) is 51.9. The molecule has 0 spiro atoms. The van der Waals surface area contributed by atoms with Crippen LogP contribution in [-0.4, -0.2) is 148 Å². The molecular weight excluding hydrogens is 873 g/mol. The number of hydrogen-bond acceptors (Lipinski definition) is 14. The van der Waals surface area contributed by atoms with Gasteiger partial charge in [0, 0.05) is 19.9 Å². The van der Waals surface area contributed by atoms with Crippen LogP contribution in [0.3, 0.4) is 0 Å². The van der Waals surface area contributed by atoms with Crippen LogP contribution in [0, 0.1) is 11.8 Å². The molecule has 8 N–H and O–H groups in total. The second-order valence-electron chi connectivity index (χ2n) is 16.8. The minimum atomic E-state index is -5.11. The minimum absolute atomic E-state index is 0.0328. The van der Waals surface area contributed by atoms with Gasteiger partial charge in [0.25, 0.3) is 5.91 Å². The molecule has 358 valence electrons. The molecule has 0 aliphatic carbocycles. The first-order valence-electron chi connectivity index (χ1n) is 21.3. The van der Waals surface area contributed by atoms with Crippen molar-refractivity contribution in [2.24, 2.45) is 11.8 Å². The van der Waals surface area contributed by atoms with E-state index in [-0.39, 0.29) is 50.2 Å². The van der Waals surface area contributed by atoms with Crippen molar-refractivity contribution in [2.75, 3.05) is 13.7 Å². The van der Waals surface area contributed by atoms with Crippen LogP contribution in [0.2, 0.25) is 0 Å². The summed E-state index contributed by atoms with van der Waals surface area (Å²) in [4.78, 5) is 102. The molecule has 2 fully saturated rings. The number of amides is 6. The smallest absolute Gasteiger partial charge is 0.397 e. The highest BCUT2D eigenvalue weighted by atomic mass is 32.3. The predicted octanol–water partition coefficient (Wildman–Crippen LogP) is -0.529. The zero-order valence-electron chi connectivity index (χ0n) is 37.1. The lowest BCUT2D eigenvalue weighted by atomic mass is 9.94. The number of ether oxygens (including phenoxy) is 1. The van der Waals surface area contributed by atoms with E-state index in [1.54, 1.807) is 58.0 Å². The Bertz CT molecular complexity index is 2130. The van der Waals surface area contributed by atoms with E-state index in [1.807, 2.05) is 0 Å². The van der Waals surface area contributed by atoms with Crippen molar-refractivity contribution in [3.05, 3.63) is 65.7 Å². The molecule has 0 aromatic heterocycles. The van der Waals surface area contributed by atoms with Crippen molar-refractivity contribution in [2.45, 2.75) is 128 Å². The van der Waals surface area contributed by atoms with Crippen LogP contribution in [0.4, 0.5) is 0 Å². The number of aromatic hydroxyl groups is 1. The summed E-state index contributed by atoms with van der Waals surface area (Å²) in [5.74, 6) is -7.94. The molecule has 22 heteroatoms. The number of benzene rings is 2. The van der Waals surface area contributed by atoms with Gasteiger partial charge in [-0.05, 0) is 61.3 Å². The lowest BCUT2D eigenvalue weighted by Gasteiger charge is -2.43. The van der Waals surface area contributed by atoms with Crippen LogP contribution >= 0.6 is 0 Å². The number of fused-ring (bicyclic) bond motifs is 2. The summed E-state index contributed by atoms with van der Waals surface area (Å²) in [7, 11) is -3.77. The summed E-state index contributed by atoms with van der Waals surface area (Å²) >= 11 is 0. The van der Waals surface area contributed by atoms with Gasteiger partial charge in [0.1, 0.15) is 60.9 Å². The molecule has 2 saturated heterocycles. The van der Waals surface area contributed by atoms with Crippen molar-refractivity contribution in [3.63, 3.8) is 0 Å². The monoisotopic (exact) mass is 932 g/mol. The van der Waals surface area contributed by atoms with E-state index in [1.165, 1.54) is 38.2 Å². The minimum Gasteiger partial charge on any atom is -0.508 e. The van der Waals surface area contributed by atoms with E-state index in [4.69, 9.17) is 9.29 Å². The van der Waals surface area contributed by atoms with Gasteiger partial charge in [0.15, 0.2) is 6.10 Å². The lowest BCUT2D eigenvalue weighted by molar-refractivity contribution is -0.165. The fourth-order valence-corrected chi connectivity index (χ4v) is 7.84. The second kappa shape index (κ2) is 23.0. The van der Waals surface area contributed by atoms with Crippen molar-refractivity contribution in [1.29, 1.82) is 0 Å². The molecule has 4 rings (SSSR count). The number of piperidine rings is 1. The number of aliphatic hydroxyl groups excluding tert-OH is 2. The summed E-state index contributed by atoms with van der Waals surface area (Å²) < 4.78 is 41.1. The number of phenolic OH excluding ortho intramolecular Hbond substituents is 1. The van der Waals surface area contributed by atoms with Crippen LogP contribution in [0.25, 0.3) is 0 Å². The maximum Gasteiger partial charge on any atom is 0.397 e. The van der Waals surface area contributed by atoms with Crippen molar-refractivity contribution in [1.82, 2.24) is 31.1 Å². The summed E-state index contributed by atoms with van der Waals surface area (Å²) in [6.07, 6.45) is -5.65. The molecule has 0 unspecified atom stereocenters. The lowest BCUT2D eigenvalue weighted by Crippen LogP contribution is -2.65. The standard InChI is InChI=1S/C43H60N6O15S/c1-7-24(4)35-43(59)64-25(5)36(47-39(55)33(51)22-63-65(60,61)62)40(56)45-30(19-23(2)3)37(53)44-29-17-18-34(52)49(41(29)57)32(21-26-11-9-8-10-12-26)42(58)48(6)31(38(54)46-35)20-27-13-15-28(50)16-14-27/h8-16,23-25,29-36,50-52H,7,17-22H2,1-6H3,(H,44,53)(H,45,56)(H,46,54)(H,47,55)(H,60,61,62)/t24-,25+,29-,30-,31-,32-,33+,34+,35-,36-/m0/s1. The molecule has 21 nitrogen and oxygen atoms in total. The number of carbonyl (C=O) groups excluding carboxylic acids is 7. The molecule has 65 heavy (non-hydrogen) atoms. The van der Waals surface area contributed by atoms with Gasteiger partial charge in [-0.15, -0.1) is 0 Å². The highest BCUT2D eigenvalue weighted by molar-refractivity contribution is 7.80. The molecule has 2 bridgehead atoms. The highest BCUT2D eigenvalue weighted by Gasteiger charge is 2.46. The Morgan fingerprint density at radius 2 is 1.49 bits per heavy atom. The first-order chi connectivity index (χ1) is 30.5. The van der Waals surface area contributed by atoms with Gasteiger partial charge in [0.05, 0.1) is 0 Å². The van der Waals surface area contributed by atoms with Crippen molar-refractivity contribution >= 4 is 51.8 Å². The summed E-state index contributed by atoms with van der Waals surface area (Å²) in [5.41, 5.74) is 1.08. The largest absolute Gasteiger partial charge is 0.508 e. The molecule has 2 aromatic carbocycles. The number of likely N-dealkylation sites (N-methyl/N-ethyl adjacent to an activating group) is 1. The third-order valence-electron chi connectivity index (χ3n) is 11.4. The van der Waals surface area contributed by atoms with Crippen molar-refractivity contribution < 1.29 is 70.8 Å². The fourth-order valence-electron chi connectivity index (χ4n) is 7.54. The number of hydrogen-bond donors (Lipinski definition) is 8. The van der Waals surface area contributed by atoms with Gasteiger partial charge >= 0.3 is 16.4 Å². The van der Waals surface area contributed by atoms with Gasteiger partial charge in [-0.3, -0.25) is 33.3 Å². The number of aliphatic hydroxyl groups is 2. The van der Waals surface area contributed by atoms with E-state index in [0.717, 1.165) is 9.80 Å². The third kappa shape index (κ3) is 14.4. The number of esters is 1. The maximum atomic E-state index is 15.0. The second-order valence-corrected chi connectivity index (χ2v) is 17.9. The zero-order valence-corrected chi connectivity index (χ0v) is 37.9. The zero-order chi connectivity index (χ0) is 48.3. The van der Waals surface area contributed by atoms with Crippen LogP contribution in [0.5, 0.6) is 5.75 Å². The topological polar surface area (TPSA) is 308 Å². The molecule has 2 heterocycles. The maximum absolute atomic E-state index is 15.0. The van der Waals surface area contributed by atoms with Gasteiger partial charge in [-0.25, -0.2) is 8.98 Å². The molecule has 0 radical (unpaired) electrons. The Hall–Kier alpha value is -5.68. The number of nitrogens with zero attached hydrogens (tertiary/aromatic N) is 2. The molecule has 10 atom stereocenters. The summed E-state index contributed by atoms with van der Waals surface area (Å²) in [5, 5.41) is 41.9. The van der Waals surface area contributed by atoms with Crippen LogP contribution in [0.1, 0.15) is 71.4 Å². The van der Waals surface area contributed by atoms with E-state index in [9.17, 15) is 57.3 Å². The Balaban J connectivity index is 1.88. The quantitative estimate of drug-likeness (QED) is 0.0925. The predicted molar refractivity (Wildman–Crippen MR) is 230 cm³/mol. The fraction of sp³-hybridized carbons (Fsp3) is 0.558. The van der Waals surface area contributed by atoms with E-state index < -0.39 is 119 Å². The SMILES string of the molecule is CC[C@H](C)[C@@H]1NC(=O)[C@H](Cc2ccc(O)cc2)N(C)C(=O)[C@H](Cc2ccccc2)N2C(=O)[C@H](CC[C@H]2O)NC(=O)[C@H](CC(C)C)NC(=O)[C@@H](NC(=O)[C@H](O)COS(=O)(=O)O)[C@@H](C)OC1=O. The van der Waals surface area contributed by atoms with Gasteiger partial charge in [-0.2, -0.15) is 8.42 Å². The number of cyclic esters (lactones) is 1. The molecule has 6 amide bonds. The summed E-state index contributed by atoms with van der Waals surface area (Å²) in [6, 6.07) is 5.52. The summed E-state index contributed by atoms with van der Waals surface area (Å²) in [6.45, 7) is 6.75. The number of nitrogens with one attached hydrogen (secondary N) is 4. The average Bonchev–Trinajstić information content (AvgIpc) is 3.25. The number of carbonyl (C=O) groups is 7. The van der Waals surface area contributed by atoms with Crippen LogP contribution in [0.15, 0.2) is 54.6 Å². The molecular formula is C43H60N6O15S. The first-order valence-corrected chi connectivity index (χ1v) is 22.7. The Labute approximate surface area is 377 Å². The van der Waals surface area contributed by atoms with Crippen molar-refractivity contribution in [3.8, 4) is 5.75 Å². The van der Waals surface area contributed by atoms with E-state index in [0.29, 0.717) is 11.1 Å². The van der Waals surface area contributed by atoms with Gasteiger partial charge < -0.3 is 51.1 Å². The number of rotatable bonds is 13. The molecule has 0 saturated carbocycles. The Kier molecular flexibility index (Phi) is 18.4. The normalized spacial score (nSPS) is 26.4. The number of phenols is 1. The van der Waals surface area contributed by atoms with Gasteiger partial charge in [-0.1, -0.05) is 76.6 Å². The van der Waals surface area contributed by atoms with Crippen LogP contribution in [-0.2, 0) is 65.7 Å². The Morgan fingerprint density at radius 3 is 2.09 bits per heavy atom. The Morgan fingerprint density at radius 1 is 0.877 bits per heavy atom. The average molecular weight is 933 g/mol. The van der Waals surface area contributed by atoms with E-state index in [2.05, 4.69) is 25.5 Å². The third-order valence-corrected chi connectivity index (χ3v) is 11.8. The van der Waals surface area contributed by atoms with Crippen LogP contribution < -0.4 is 21.3 Å².